The molecule has 15 heavy (non-hydrogen) atoms. The normalized spacial score (nSPS) is 20.8. The van der Waals surface area contributed by atoms with Crippen LogP contribution in [0.4, 0.5) is 0 Å². The summed E-state index contributed by atoms with van der Waals surface area (Å²) >= 11 is 5.67. The Bertz CT molecular complexity index is 174. The molecule has 2 nitrogen and oxygen atoms in total. The van der Waals surface area contributed by atoms with Crippen molar-refractivity contribution >= 4 is 11.6 Å². The van der Waals surface area contributed by atoms with Crippen LogP contribution in [-0.4, -0.2) is 44.0 Å². The second-order valence-electron chi connectivity index (χ2n) is 5.43. The lowest BCUT2D eigenvalue weighted by molar-refractivity contribution is 0.114. The minimum Gasteiger partial charge on any atom is -0.315 e. The molecule has 0 spiro atoms. The zero-order chi connectivity index (χ0) is 11.3. The van der Waals surface area contributed by atoms with Crippen LogP contribution in [0.2, 0.25) is 0 Å². The average Bonchev–Trinajstić information content (AvgIpc) is 2.18. The Labute approximate surface area is 99.4 Å². The Morgan fingerprint density at radius 1 is 1.33 bits per heavy atom. The van der Waals surface area contributed by atoms with Crippen molar-refractivity contribution in [2.24, 2.45) is 11.3 Å². The van der Waals surface area contributed by atoms with Gasteiger partial charge >= 0.3 is 0 Å². The summed E-state index contributed by atoms with van der Waals surface area (Å²) in [5.41, 5.74) is 0.410. The van der Waals surface area contributed by atoms with Gasteiger partial charge in [0.2, 0.25) is 0 Å². The standard InChI is InChI=1S/C12H25ClN2/c1-12(2,10-14-7-6-13)11-4-8-15(3)9-5-11/h11,14H,4-10H2,1-3H3. The van der Waals surface area contributed by atoms with Crippen LogP contribution < -0.4 is 5.32 Å². The van der Waals surface area contributed by atoms with Gasteiger partial charge in [-0.2, -0.15) is 0 Å². The lowest BCUT2D eigenvalue weighted by Crippen LogP contribution is -2.42. The third kappa shape index (κ3) is 4.29. The van der Waals surface area contributed by atoms with E-state index < -0.39 is 0 Å². The van der Waals surface area contributed by atoms with E-state index in [4.69, 9.17) is 11.6 Å². The van der Waals surface area contributed by atoms with E-state index in [0.717, 1.165) is 19.0 Å². The third-order valence-electron chi connectivity index (χ3n) is 3.68. The molecule has 1 heterocycles. The Hall–Kier alpha value is 0.210. The molecule has 1 aliphatic rings. The van der Waals surface area contributed by atoms with Crippen LogP contribution in [0.15, 0.2) is 0 Å². The van der Waals surface area contributed by atoms with E-state index in [2.05, 4.69) is 31.1 Å². The number of hydrogen-bond acceptors (Lipinski definition) is 2. The van der Waals surface area contributed by atoms with Gasteiger partial charge in [-0.3, -0.25) is 0 Å². The molecular weight excluding hydrogens is 208 g/mol. The molecule has 0 atom stereocenters. The van der Waals surface area contributed by atoms with E-state index in [1.54, 1.807) is 0 Å². The van der Waals surface area contributed by atoms with Gasteiger partial charge in [0, 0.05) is 19.0 Å². The summed E-state index contributed by atoms with van der Waals surface area (Å²) in [6, 6.07) is 0. The topological polar surface area (TPSA) is 15.3 Å². The second-order valence-corrected chi connectivity index (χ2v) is 5.81. The zero-order valence-corrected chi connectivity index (χ0v) is 11.1. The maximum absolute atomic E-state index is 5.67. The summed E-state index contributed by atoms with van der Waals surface area (Å²) in [7, 11) is 2.22. The molecule has 0 aliphatic carbocycles. The number of nitrogens with one attached hydrogen (secondary N) is 1. The average molecular weight is 233 g/mol. The van der Waals surface area contributed by atoms with Crippen molar-refractivity contribution in [2.45, 2.75) is 26.7 Å². The van der Waals surface area contributed by atoms with Crippen molar-refractivity contribution in [3.05, 3.63) is 0 Å². The molecule has 0 saturated carbocycles. The predicted molar refractivity (Wildman–Crippen MR) is 67.6 cm³/mol. The molecule has 0 radical (unpaired) electrons. The van der Waals surface area contributed by atoms with E-state index in [1.807, 2.05) is 0 Å². The smallest absolute Gasteiger partial charge is 0.0348 e. The fourth-order valence-corrected chi connectivity index (χ4v) is 2.55. The van der Waals surface area contributed by atoms with Gasteiger partial charge in [0.25, 0.3) is 0 Å². The molecule has 0 aromatic carbocycles. The van der Waals surface area contributed by atoms with Gasteiger partial charge in [0.1, 0.15) is 0 Å². The lowest BCUT2D eigenvalue weighted by atomic mass is 9.73. The highest BCUT2D eigenvalue weighted by Gasteiger charge is 2.31. The Morgan fingerprint density at radius 3 is 2.47 bits per heavy atom. The van der Waals surface area contributed by atoms with Gasteiger partial charge in [-0.15, -0.1) is 11.6 Å². The minimum atomic E-state index is 0.410. The van der Waals surface area contributed by atoms with Crippen LogP contribution in [0.1, 0.15) is 26.7 Å². The van der Waals surface area contributed by atoms with Crippen molar-refractivity contribution in [3.8, 4) is 0 Å². The first-order valence-electron chi connectivity index (χ1n) is 6.01. The quantitative estimate of drug-likeness (QED) is 0.578. The zero-order valence-electron chi connectivity index (χ0n) is 10.4. The first-order valence-corrected chi connectivity index (χ1v) is 6.55. The fourth-order valence-electron chi connectivity index (χ4n) is 2.41. The van der Waals surface area contributed by atoms with Crippen molar-refractivity contribution in [1.82, 2.24) is 10.2 Å². The molecule has 1 saturated heterocycles. The third-order valence-corrected chi connectivity index (χ3v) is 3.86. The van der Waals surface area contributed by atoms with Crippen LogP contribution in [-0.2, 0) is 0 Å². The van der Waals surface area contributed by atoms with Crippen molar-refractivity contribution in [3.63, 3.8) is 0 Å². The van der Waals surface area contributed by atoms with Gasteiger partial charge in [0.05, 0.1) is 0 Å². The van der Waals surface area contributed by atoms with E-state index in [0.29, 0.717) is 11.3 Å². The van der Waals surface area contributed by atoms with Crippen LogP contribution in [0.25, 0.3) is 0 Å². The van der Waals surface area contributed by atoms with Crippen LogP contribution in [0.5, 0.6) is 0 Å². The van der Waals surface area contributed by atoms with Crippen molar-refractivity contribution < 1.29 is 0 Å². The molecule has 0 unspecified atom stereocenters. The first-order chi connectivity index (χ1) is 7.06. The molecule has 0 amide bonds. The predicted octanol–water partition coefficient (Wildman–Crippen LogP) is 2.18. The molecule has 0 aromatic rings. The molecule has 1 N–H and O–H groups in total. The summed E-state index contributed by atoms with van der Waals surface area (Å²) in [5.74, 6) is 1.57. The van der Waals surface area contributed by atoms with Gasteiger partial charge in [-0.05, 0) is 44.3 Å². The van der Waals surface area contributed by atoms with Crippen LogP contribution >= 0.6 is 11.6 Å². The Morgan fingerprint density at radius 2 is 1.93 bits per heavy atom. The SMILES string of the molecule is CN1CCC(C(C)(C)CNCCCl)CC1. The molecule has 1 fully saturated rings. The van der Waals surface area contributed by atoms with Gasteiger partial charge in [0.15, 0.2) is 0 Å². The molecule has 0 aromatic heterocycles. The summed E-state index contributed by atoms with van der Waals surface area (Å²) in [6.07, 6.45) is 2.68. The number of piperidine rings is 1. The number of likely N-dealkylation sites (tertiary alicyclic amines) is 1. The van der Waals surface area contributed by atoms with Crippen LogP contribution in [0.3, 0.4) is 0 Å². The summed E-state index contributed by atoms with van der Waals surface area (Å²) < 4.78 is 0. The van der Waals surface area contributed by atoms with E-state index in [-0.39, 0.29) is 0 Å². The molecule has 0 bridgehead atoms. The molecule has 1 aliphatic heterocycles. The molecule has 1 rings (SSSR count). The summed E-state index contributed by atoms with van der Waals surface area (Å²) in [5, 5.41) is 3.44. The molecule has 90 valence electrons. The Kier molecular flexibility index (Phi) is 5.37. The largest absolute Gasteiger partial charge is 0.315 e. The van der Waals surface area contributed by atoms with Crippen LogP contribution in [0, 0.1) is 11.3 Å². The number of hydrogen-bond donors (Lipinski definition) is 1. The van der Waals surface area contributed by atoms with Gasteiger partial charge in [-0.1, -0.05) is 13.8 Å². The number of halogens is 1. The second kappa shape index (κ2) is 6.07. The summed E-state index contributed by atoms with van der Waals surface area (Å²) in [6.45, 7) is 9.29. The first kappa shape index (κ1) is 13.3. The highest BCUT2D eigenvalue weighted by Crippen LogP contribution is 2.33. The number of rotatable bonds is 5. The van der Waals surface area contributed by atoms with Crippen molar-refractivity contribution in [1.29, 1.82) is 0 Å². The van der Waals surface area contributed by atoms with E-state index in [9.17, 15) is 0 Å². The van der Waals surface area contributed by atoms with Crippen molar-refractivity contribution in [2.75, 3.05) is 39.1 Å². The maximum Gasteiger partial charge on any atom is 0.0348 e. The number of alkyl halides is 1. The van der Waals surface area contributed by atoms with Gasteiger partial charge in [-0.25, -0.2) is 0 Å². The Balaban J connectivity index is 2.32. The highest BCUT2D eigenvalue weighted by atomic mass is 35.5. The highest BCUT2D eigenvalue weighted by molar-refractivity contribution is 6.18. The molecule has 3 heteroatoms. The number of nitrogens with zero attached hydrogens (tertiary/aromatic N) is 1. The fraction of sp³-hybridized carbons (Fsp3) is 1.00. The molecular formula is C12H25ClN2. The minimum absolute atomic E-state index is 0.410. The van der Waals surface area contributed by atoms with Gasteiger partial charge < -0.3 is 10.2 Å². The monoisotopic (exact) mass is 232 g/mol. The lowest BCUT2D eigenvalue weighted by Gasteiger charge is -2.39. The van der Waals surface area contributed by atoms with E-state index >= 15 is 0 Å². The maximum atomic E-state index is 5.67. The van der Waals surface area contributed by atoms with E-state index in [1.165, 1.54) is 25.9 Å². The summed E-state index contributed by atoms with van der Waals surface area (Å²) in [4.78, 5) is 2.43.